The van der Waals surface area contributed by atoms with Crippen LogP contribution in [0.1, 0.15) is 51.2 Å². The van der Waals surface area contributed by atoms with E-state index >= 15 is 0 Å². The SMILES string of the molecule is CCC(C)N(CCOC)Cc1cc(CNC(C)C)oc1C. The zero-order valence-corrected chi connectivity index (χ0v) is 14.5. The molecule has 1 N–H and O–H groups in total. The Bertz CT molecular complexity index is 401. The van der Waals surface area contributed by atoms with Gasteiger partial charge in [0, 0.05) is 37.8 Å². The molecule has 1 atom stereocenters. The predicted molar refractivity (Wildman–Crippen MR) is 87.5 cm³/mol. The standard InChI is InChI=1S/C17H32N2O2/c1-7-14(4)19(8-9-20-6)12-16-10-17(21-15(16)5)11-18-13(2)3/h10,13-14,18H,7-9,11-12H2,1-6H3. The van der Waals surface area contributed by atoms with Gasteiger partial charge in [-0.25, -0.2) is 0 Å². The van der Waals surface area contributed by atoms with Crippen LogP contribution in [0.2, 0.25) is 0 Å². The zero-order chi connectivity index (χ0) is 15.8. The van der Waals surface area contributed by atoms with E-state index < -0.39 is 0 Å². The first-order valence-electron chi connectivity index (χ1n) is 8.02. The van der Waals surface area contributed by atoms with Crippen LogP contribution < -0.4 is 5.32 Å². The van der Waals surface area contributed by atoms with Crippen molar-refractivity contribution in [1.82, 2.24) is 10.2 Å². The van der Waals surface area contributed by atoms with Crippen LogP contribution in [0.15, 0.2) is 10.5 Å². The van der Waals surface area contributed by atoms with E-state index in [-0.39, 0.29) is 0 Å². The molecule has 21 heavy (non-hydrogen) atoms. The number of aryl methyl sites for hydroxylation is 1. The molecule has 0 aliphatic carbocycles. The highest BCUT2D eigenvalue weighted by Gasteiger charge is 2.16. The van der Waals surface area contributed by atoms with E-state index in [9.17, 15) is 0 Å². The van der Waals surface area contributed by atoms with Crippen LogP contribution in [0.5, 0.6) is 0 Å². The van der Waals surface area contributed by atoms with Crippen LogP contribution in [0.4, 0.5) is 0 Å². The summed E-state index contributed by atoms with van der Waals surface area (Å²) in [6, 6.07) is 3.20. The Balaban J connectivity index is 2.69. The minimum atomic E-state index is 0.470. The van der Waals surface area contributed by atoms with Gasteiger partial charge in [0.15, 0.2) is 0 Å². The molecule has 0 saturated heterocycles. The highest BCUT2D eigenvalue weighted by Crippen LogP contribution is 2.18. The van der Waals surface area contributed by atoms with Crippen LogP contribution in [0.3, 0.4) is 0 Å². The van der Waals surface area contributed by atoms with Crippen molar-refractivity contribution in [2.75, 3.05) is 20.3 Å². The number of hydrogen-bond donors (Lipinski definition) is 1. The Morgan fingerprint density at radius 3 is 2.62 bits per heavy atom. The van der Waals surface area contributed by atoms with Crippen molar-refractivity contribution in [3.63, 3.8) is 0 Å². The second-order valence-electron chi connectivity index (χ2n) is 6.05. The molecule has 0 saturated carbocycles. The zero-order valence-electron chi connectivity index (χ0n) is 14.5. The summed E-state index contributed by atoms with van der Waals surface area (Å²) < 4.78 is 11.1. The number of ether oxygens (including phenoxy) is 1. The highest BCUT2D eigenvalue weighted by atomic mass is 16.5. The monoisotopic (exact) mass is 296 g/mol. The van der Waals surface area contributed by atoms with Crippen molar-refractivity contribution < 1.29 is 9.15 Å². The third-order valence-corrected chi connectivity index (χ3v) is 3.93. The average molecular weight is 296 g/mol. The Labute approximate surface area is 129 Å². The van der Waals surface area contributed by atoms with Gasteiger partial charge >= 0.3 is 0 Å². The van der Waals surface area contributed by atoms with E-state index in [4.69, 9.17) is 9.15 Å². The number of methoxy groups -OCH3 is 1. The third-order valence-electron chi connectivity index (χ3n) is 3.93. The highest BCUT2D eigenvalue weighted by molar-refractivity contribution is 5.21. The minimum absolute atomic E-state index is 0.470. The molecular weight excluding hydrogens is 264 g/mol. The Hall–Kier alpha value is -0.840. The lowest BCUT2D eigenvalue weighted by Gasteiger charge is -2.27. The Morgan fingerprint density at radius 2 is 2.05 bits per heavy atom. The number of nitrogens with zero attached hydrogens (tertiary/aromatic N) is 1. The summed E-state index contributed by atoms with van der Waals surface area (Å²) in [7, 11) is 1.76. The first-order chi connectivity index (χ1) is 9.97. The largest absolute Gasteiger partial charge is 0.465 e. The maximum absolute atomic E-state index is 5.86. The van der Waals surface area contributed by atoms with Crippen LogP contribution in [-0.2, 0) is 17.8 Å². The van der Waals surface area contributed by atoms with Crippen LogP contribution in [0, 0.1) is 6.92 Å². The molecule has 0 amide bonds. The molecule has 122 valence electrons. The number of rotatable bonds is 10. The summed E-state index contributed by atoms with van der Waals surface area (Å²) in [4.78, 5) is 2.46. The predicted octanol–water partition coefficient (Wildman–Crippen LogP) is 3.33. The molecule has 0 bridgehead atoms. The molecule has 4 heteroatoms. The maximum atomic E-state index is 5.86. The van der Waals surface area contributed by atoms with Crippen LogP contribution >= 0.6 is 0 Å². The van der Waals surface area contributed by atoms with Crippen molar-refractivity contribution >= 4 is 0 Å². The van der Waals surface area contributed by atoms with Crippen molar-refractivity contribution in [3.8, 4) is 0 Å². The molecule has 4 nitrogen and oxygen atoms in total. The van der Waals surface area contributed by atoms with Crippen molar-refractivity contribution in [2.24, 2.45) is 0 Å². The second kappa shape index (κ2) is 9.23. The van der Waals surface area contributed by atoms with Gasteiger partial charge in [-0.15, -0.1) is 0 Å². The van der Waals surface area contributed by atoms with Crippen molar-refractivity contribution in [2.45, 2.75) is 66.2 Å². The fraction of sp³-hybridized carbons (Fsp3) is 0.765. The number of nitrogens with one attached hydrogen (secondary N) is 1. The smallest absolute Gasteiger partial charge is 0.118 e. The Kier molecular flexibility index (Phi) is 8.01. The molecule has 1 heterocycles. The second-order valence-corrected chi connectivity index (χ2v) is 6.05. The number of furan rings is 1. The van der Waals surface area contributed by atoms with E-state index in [1.165, 1.54) is 5.56 Å². The summed E-state index contributed by atoms with van der Waals surface area (Å²) in [6.45, 7) is 14.3. The van der Waals surface area contributed by atoms with E-state index in [0.717, 1.165) is 44.2 Å². The molecule has 1 rings (SSSR count). The van der Waals surface area contributed by atoms with Gasteiger partial charge < -0.3 is 14.5 Å². The topological polar surface area (TPSA) is 37.6 Å². The van der Waals surface area contributed by atoms with Gasteiger partial charge in [-0.1, -0.05) is 20.8 Å². The lowest BCUT2D eigenvalue weighted by atomic mass is 10.1. The molecule has 1 aromatic rings. The van der Waals surface area contributed by atoms with Gasteiger partial charge in [0.1, 0.15) is 11.5 Å². The summed E-state index contributed by atoms with van der Waals surface area (Å²) in [5, 5.41) is 3.40. The normalized spacial score (nSPS) is 13.3. The summed E-state index contributed by atoms with van der Waals surface area (Å²) in [5.41, 5.74) is 1.28. The van der Waals surface area contributed by atoms with Crippen LogP contribution in [-0.4, -0.2) is 37.2 Å². The van der Waals surface area contributed by atoms with E-state index in [0.29, 0.717) is 12.1 Å². The molecule has 1 unspecified atom stereocenters. The van der Waals surface area contributed by atoms with Gasteiger partial charge in [0.2, 0.25) is 0 Å². The molecule has 0 aliphatic rings. The number of hydrogen-bond acceptors (Lipinski definition) is 4. The molecule has 0 fully saturated rings. The minimum Gasteiger partial charge on any atom is -0.465 e. The molecule has 0 aromatic carbocycles. The first-order valence-corrected chi connectivity index (χ1v) is 8.02. The van der Waals surface area contributed by atoms with Gasteiger partial charge in [-0.2, -0.15) is 0 Å². The van der Waals surface area contributed by atoms with Crippen molar-refractivity contribution in [3.05, 3.63) is 23.2 Å². The van der Waals surface area contributed by atoms with Crippen LogP contribution in [0.25, 0.3) is 0 Å². The summed E-state index contributed by atoms with van der Waals surface area (Å²) in [5.74, 6) is 2.05. The molecular formula is C17H32N2O2. The quantitative estimate of drug-likeness (QED) is 0.718. The van der Waals surface area contributed by atoms with Gasteiger partial charge in [-0.3, -0.25) is 4.90 Å². The molecule has 1 aromatic heterocycles. The van der Waals surface area contributed by atoms with E-state index in [1.54, 1.807) is 7.11 Å². The van der Waals surface area contributed by atoms with Gasteiger partial charge in [-0.05, 0) is 26.3 Å². The molecule has 0 radical (unpaired) electrons. The van der Waals surface area contributed by atoms with E-state index in [1.807, 2.05) is 0 Å². The average Bonchev–Trinajstić information content (AvgIpc) is 2.80. The summed E-state index contributed by atoms with van der Waals surface area (Å²) in [6.07, 6.45) is 1.14. The van der Waals surface area contributed by atoms with E-state index in [2.05, 4.69) is 50.9 Å². The third kappa shape index (κ3) is 6.20. The summed E-state index contributed by atoms with van der Waals surface area (Å²) >= 11 is 0. The Morgan fingerprint density at radius 1 is 1.33 bits per heavy atom. The van der Waals surface area contributed by atoms with Gasteiger partial charge in [0.25, 0.3) is 0 Å². The molecule has 0 aliphatic heterocycles. The van der Waals surface area contributed by atoms with Crippen molar-refractivity contribution in [1.29, 1.82) is 0 Å². The lowest BCUT2D eigenvalue weighted by Crippen LogP contribution is -2.34. The lowest BCUT2D eigenvalue weighted by molar-refractivity contribution is 0.117. The first kappa shape index (κ1) is 18.2. The fourth-order valence-electron chi connectivity index (χ4n) is 2.28. The van der Waals surface area contributed by atoms with Gasteiger partial charge in [0.05, 0.1) is 13.2 Å². The molecule has 0 spiro atoms. The fourth-order valence-corrected chi connectivity index (χ4v) is 2.28. The maximum Gasteiger partial charge on any atom is 0.118 e.